The minimum Gasteiger partial charge on any atom is -0.370 e. The highest BCUT2D eigenvalue weighted by molar-refractivity contribution is 6.17. The molecule has 0 radical (unpaired) electrons. The molecule has 0 aliphatic carbocycles. The van der Waals surface area contributed by atoms with Crippen LogP contribution in [0.15, 0.2) is 29.4 Å². The summed E-state index contributed by atoms with van der Waals surface area (Å²) >= 11 is 0. The van der Waals surface area contributed by atoms with Crippen molar-refractivity contribution in [2.75, 3.05) is 0 Å². The number of nitrogens with two attached hydrogens (primary N) is 1. The molecular weight excluding hydrogens is 276 g/mol. The smallest absolute Gasteiger partial charge is 0.275 e. The molecule has 3 heterocycles. The summed E-state index contributed by atoms with van der Waals surface area (Å²) in [5, 5.41) is 2.16. The fourth-order valence-electron chi connectivity index (χ4n) is 2.97. The first-order chi connectivity index (χ1) is 9.95. The molecule has 0 unspecified atom stereocenters. The summed E-state index contributed by atoms with van der Waals surface area (Å²) in [7, 11) is 0. The molecule has 4 amide bonds. The summed E-state index contributed by atoms with van der Waals surface area (Å²) in [4.78, 5) is 52.7. The number of amides is 4. The lowest BCUT2D eigenvalue weighted by Gasteiger charge is -2.38. The minimum atomic E-state index is -1.56. The number of nitrogens with one attached hydrogen (secondary N) is 1. The molecule has 0 saturated carbocycles. The van der Waals surface area contributed by atoms with E-state index in [-0.39, 0.29) is 12.8 Å². The lowest BCUT2D eigenvalue weighted by Crippen LogP contribution is -2.58. The maximum Gasteiger partial charge on any atom is 0.275 e. The van der Waals surface area contributed by atoms with Crippen LogP contribution in [0.4, 0.5) is 0 Å². The van der Waals surface area contributed by atoms with E-state index in [0.29, 0.717) is 5.84 Å². The van der Waals surface area contributed by atoms with Gasteiger partial charge in [-0.25, -0.2) is 0 Å². The summed E-state index contributed by atoms with van der Waals surface area (Å²) in [6, 6.07) is 0. The van der Waals surface area contributed by atoms with E-state index in [1.807, 2.05) is 0 Å². The van der Waals surface area contributed by atoms with E-state index in [0.717, 1.165) is 0 Å². The number of nitrogens with zero attached hydrogens (tertiary/aromatic N) is 2. The fraction of sp³-hybridized carbons (Fsp3) is 0.308. The first kappa shape index (κ1) is 13.2. The van der Waals surface area contributed by atoms with Crippen molar-refractivity contribution in [2.24, 2.45) is 16.6 Å². The second-order valence-electron chi connectivity index (χ2n) is 5.08. The van der Waals surface area contributed by atoms with Gasteiger partial charge in [-0.1, -0.05) is 6.08 Å². The summed E-state index contributed by atoms with van der Waals surface area (Å²) in [5.41, 5.74) is 3.70. The Morgan fingerprint density at radius 1 is 1.43 bits per heavy atom. The van der Waals surface area contributed by atoms with Crippen molar-refractivity contribution in [1.29, 1.82) is 0 Å². The summed E-state index contributed by atoms with van der Waals surface area (Å²) in [6.45, 7) is 0. The van der Waals surface area contributed by atoms with E-state index >= 15 is 0 Å². The van der Waals surface area contributed by atoms with Gasteiger partial charge in [0, 0.05) is 12.6 Å². The van der Waals surface area contributed by atoms with Crippen LogP contribution in [0.25, 0.3) is 0 Å². The number of allylic oxidation sites excluding steroid dienone is 2. The third-order valence-electron chi connectivity index (χ3n) is 3.84. The van der Waals surface area contributed by atoms with Gasteiger partial charge in [0.05, 0.1) is 12.3 Å². The molecule has 108 valence electrons. The number of amidine groups is 1. The van der Waals surface area contributed by atoms with Crippen LogP contribution in [-0.2, 0) is 19.2 Å². The van der Waals surface area contributed by atoms with Crippen LogP contribution in [0.5, 0.6) is 0 Å². The van der Waals surface area contributed by atoms with Crippen molar-refractivity contribution in [2.45, 2.75) is 18.4 Å². The quantitative estimate of drug-likeness (QED) is 0.618. The zero-order valence-corrected chi connectivity index (χ0v) is 10.9. The Hall–Kier alpha value is -2.77. The molecule has 3 rings (SSSR count). The van der Waals surface area contributed by atoms with Crippen molar-refractivity contribution in [1.82, 2.24) is 10.2 Å². The zero-order valence-electron chi connectivity index (χ0n) is 10.9. The molecule has 2 atom stereocenters. The Labute approximate surface area is 119 Å². The lowest BCUT2D eigenvalue weighted by molar-refractivity contribution is -0.138. The summed E-state index contributed by atoms with van der Waals surface area (Å²) < 4.78 is 0. The number of hydrogen-bond donors (Lipinski definition) is 2. The van der Waals surface area contributed by atoms with Gasteiger partial charge in [0.15, 0.2) is 0 Å². The molecule has 21 heavy (non-hydrogen) atoms. The molecule has 8 heteroatoms. The number of carbonyl (C=O) groups is 4. The maximum absolute atomic E-state index is 12.4. The molecule has 1 saturated heterocycles. The van der Waals surface area contributed by atoms with E-state index in [1.54, 1.807) is 24.4 Å². The van der Waals surface area contributed by atoms with Crippen LogP contribution in [0.1, 0.15) is 12.8 Å². The van der Waals surface area contributed by atoms with Gasteiger partial charge in [0.1, 0.15) is 11.4 Å². The third kappa shape index (κ3) is 1.79. The number of fused-ring (bicyclic) bond motifs is 1. The second-order valence-corrected chi connectivity index (χ2v) is 5.08. The van der Waals surface area contributed by atoms with Crippen LogP contribution >= 0.6 is 0 Å². The molecule has 0 spiro atoms. The van der Waals surface area contributed by atoms with E-state index < -0.39 is 35.1 Å². The number of hydrogen-bond acceptors (Lipinski definition) is 5. The number of rotatable bonds is 3. The molecular formula is C13H12N4O4. The van der Waals surface area contributed by atoms with Gasteiger partial charge in [0.2, 0.25) is 17.7 Å². The topological polar surface area (TPSA) is 122 Å². The van der Waals surface area contributed by atoms with Crippen molar-refractivity contribution in [3.8, 4) is 0 Å². The SMILES string of the molecule is NC(=O)C[C@]1([C@H]2CC(=O)NC2=O)C(=O)N=C2C=CC=CN21. The van der Waals surface area contributed by atoms with E-state index in [9.17, 15) is 19.2 Å². The van der Waals surface area contributed by atoms with Gasteiger partial charge in [-0.15, -0.1) is 0 Å². The predicted molar refractivity (Wildman–Crippen MR) is 70.4 cm³/mol. The highest BCUT2D eigenvalue weighted by Crippen LogP contribution is 2.40. The first-order valence-electron chi connectivity index (χ1n) is 6.34. The van der Waals surface area contributed by atoms with Crippen LogP contribution < -0.4 is 11.1 Å². The highest BCUT2D eigenvalue weighted by atomic mass is 16.2. The molecule has 3 N–H and O–H groups in total. The number of aliphatic imine (C=N–C) groups is 1. The summed E-state index contributed by atoms with van der Waals surface area (Å²) in [5.74, 6) is -3.11. The monoisotopic (exact) mass is 288 g/mol. The van der Waals surface area contributed by atoms with E-state index in [1.165, 1.54) is 4.90 Å². The Morgan fingerprint density at radius 2 is 2.19 bits per heavy atom. The van der Waals surface area contributed by atoms with Crippen molar-refractivity contribution in [3.05, 3.63) is 24.4 Å². The van der Waals surface area contributed by atoms with Crippen molar-refractivity contribution in [3.63, 3.8) is 0 Å². The predicted octanol–water partition coefficient (Wildman–Crippen LogP) is -1.41. The van der Waals surface area contributed by atoms with Crippen LogP contribution in [0, 0.1) is 5.92 Å². The van der Waals surface area contributed by atoms with Crippen LogP contribution in [0.3, 0.4) is 0 Å². The Balaban J connectivity index is 2.10. The van der Waals surface area contributed by atoms with Gasteiger partial charge in [0.25, 0.3) is 5.91 Å². The average Bonchev–Trinajstić information content (AvgIpc) is 2.88. The largest absolute Gasteiger partial charge is 0.370 e. The second kappa shape index (κ2) is 4.37. The molecule has 0 aromatic rings. The molecule has 0 aromatic carbocycles. The Kier molecular flexibility index (Phi) is 2.75. The van der Waals surface area contributed by atoms with Crippen LogP contribution in [-0.4, -0.2) is 39.9 Å². The molecule has 1 fully saturated rings. The number of carbonyl (C=O) groups excluding carboxylic acids is 4. The highest BCUT2D eigenvalue weighted by Gasteiger charge is 2.60. The van der Waals surface area contributed by atoms with Crippen LogP contribution in [0.2, 0.25) is 0 Å². The lowest BCUT2D eigenvalue weighted by atomic mass is 9.78. The standard InChI is InChI=1S/C13H12N4O4/c14-8(18)6-13(7-5-10(19)16-11(7)20)12(21)15-9-3-1-2-4-17(9)13/h1-4,7H,5-6H2,(H2,14,18)(H,16,19,20)/t7-,13-/m0/s1. The Bertz CT molecular complexity index is 663. The third-order valence-corrected chi connectivity index (χ3v) is 3.84. The average molecular weight is 288 g/mol. The van der Waals surface area contributed by atoms with Gasteiger partial charge in [-0.05, 0) is 12.2 Å². The maximum atomic E-state index is 12.4. The van der Waals surface area contributed by atoms with E-state index in [4.69, 9.17) is 5.73 Å². The zero-order chi connectivity index (χ0) is 15.2. The molecule has 3 aliphatic heterocycles. The fourth-order valence-corrected chi connectivity index (χ4v) is 2.97. The van der Waals surface area contributed by atoms with Crippen molar-refractivity contribution >= 4 is 29.5 Å². The molecule has 8 nitrogen and oxygen atoms in total. The molecule has 0 aromatic heterocycles. The Morgan fingerprint density at radius 3 is 2.81 bits per heavy atom. The normalized spacial score (nSPS) is 30.5. The first-order valence-corrected chi connectivity index (χ1v) is 6.34. The van der Waals surface area contributed by atoms with E-state index in [2.05, 4.69) is 10.3 Å². The summed E-state index contributed by atoms with van der Waals surface area (Å²) in [6.07, 6.45) is 5.93. The number of imide groups is 1. The molecule has 3 aliphatic rings. The van der Waals surface area contributed by atoms with Gasteiger partial charge >= 0.3 is 0 Å². The van der Waals surface area contributed by atoms with Crippen molar-refractivity contribution < 1.29 is 19.2 Å². The van der Waals surface area contributed by atoms with Gasteiger partial charge in [-0.3, -0.25) is 24.5 Å². The van der Waals surface area contributed by atoms with Gasteiger partial charge in [-0.2, -0.15) is 4.99 Å². The molecule has 0 bridgehead atoms. The van der Waals surface area contributed by atoms with Gasteiger partial charge < -0.3 is 10.6 Å². The number of primary amides is 1. The minimum absolute atomic E-state index is 0.172.